The molecule has 0 aliphatic heterocycles. The van der Waals surface area contributed by atoms with Crippen LogP contribution in [0, 0.1) is 0 Å². The number of hydrogen-bond acceptors (Lipinski definition) is 1. The van der Waals surface area contributed by atoms with E-state index in [9.17, 15) is 0 Å². The predicted octanol–water partition coefficient (Wildman–Crippen LogP) is 3.87. The maximum absolute atomic E-state index is 5.76. The van der Waals surface area contributed by atoms with Crippen LogP contribution in [0.1, 0.15) is 0 Å². The summed E-state index contributed by atoms with van der Waals surface area (Å²) in [7, 11) is 1.70. The van der Waals surface area contributed by atoms with Gasteiger partial charge in [0.15, 0.2) is 7.05 Å². The van der Waals surface area contributed by atoms with Gasteiger partial charge in [0.2, 0.25) is 5.69 Å². The molecule has 0 heterocycles. The first kappa shape index (κ1) is 9.78. The fourth-order valence-corrected chi connectivity index (χ4v) is 1.37. The van der Waals surface area contributed by atoms with Crippen LogP contribution in [-0.2, 0) is 0 Å². The first-order valence-electron chi connectivity index (χ1n) is 3.15. The molecule has 64 valence electrons. The standard InChI is InChI=1S/C7H6Cl3N2/c1-12(11-10)7-3-5(8)2-6(9)4-7/h2-4H,1H3/q+1. The zero-order valence-corrected chi connectivity index (χ0v) is 8.53. The van der Waals surface area contributed by atoms with E-state index in [0.29, 0.717) is 10.0 Å². The number of halogens is 3. The lowest BCUT2D eigenvalue weighted by atomic mass is 10.3. The monoisotopic (exact) mass is 223 g/mol. The molecule has 1 aromatic carbocycles. The Bertz CT molecular complexity index is 302. The average molecular weight is 224 g/mol. The second-order valence-electron chi connectivity index (χ2n) is 2.23. The van der Waals surface area contributed by atoms with Crippen molar-refractivity contribution in [2.45, 2.75) is 0 Å². The van der Waals surface area contributed by atoms with Gasteiger partial charge in [-0.2, -0.15) is 0 Å². The highest BCUT2D eigenvalue weighted by Crippen LogP contribution is 2.23. The van der Waals surface area contributed by atoms with Crippen LogP contribution in [0.3, 0.4) is 0 Å². The van der Waals surface area contributed by atoms with Crippen LogP contribution < -0.4 is 0 Å². The molecule has 1 aromatic rings. The molecular formula is C7H6Cl3N2+. The molecule has 0 aliphatic rings. The normalized spacial score (nSPS) is 11.8. The van der Waals surface area contributed by atoms with Crippen molar-refractivity contribution >= 4 is 40.7 Å². The predicted molar refractivity (Wildman–Crippen MR) is 50.6 cm³/mol. The number of nitrogens with zero attached hydrogens (tertiary/aromatic N) is 2. The third-order valence-electron chi connectivity index (χ3n) is 1.33. The van der Waals surface area contributed by atoms with E-state index in [1.165, 1.54) is 4.70 Å². The molecule has 0 saturated heterocycles. The van der Waals surface area contributed by atoms with Crippen molar-refractivity contribution in [3.05, 3.63) is 28.2 Å². The van der Waals surface area contributed by atoms with Gasteiger partial charge in [-0.15, -0.1) is 0 Å². The molecule has 5 heteroatoms. The van der Waals surface area contributed by atoms with Gasteiger partial charge in [0.05, 0.1) is 4.63 Å². The summed E-state index contributed by atoms with van der Waals surface area (Å²) in [6, 6.07) is 5.09. The fraction of sp³-hybridized carbons (Fsp3) is 0.143. The number of hydrogen-bond donors (Lipinski definition) is 0. The first-order chi connectivity index (χ1) is 5.63. The minimum Gasteiger partial charge on any atom is -0.0840 e. The van der Waals surface area contributed by atoms with Crippen molar-refractivity contribution < 1.29 is 4.70 Å². The quantitative estimate of drug-likeness (QED) is 0.508. The molecule has 1 rings (SSSR count). The minimum absolute atomic E-state index is 0.560. The molecule has 0 aromatic heterocycles. The lowest BCUT2D eigenvalue weighted by Gasteiger charge is -1.94. The zero-order valence-electron chi connectivity index (χ0n) is 6.26. The Morgan fingerprint density at radius 2 is 1.67 bits per heavy atom. The Hall–Kier alpha value is -0.310. The second kappa shape index (κ2) is 4.08. The third kappa shape index (κ3) is 2.34. The Morgan fingerprint density at radius 3 is 2.08 bits per heavy atom. The van der Waals surface area contributed by atoms with E-state index in [-0.39, 0.29) is 0 Å². The van der Waals surface area contributed by atoms with Crippen molar-refractivity contribution in [2.24, 2.45) is 4.63 Å². The summed E-state index contributed by atoms with van der Waals surface area (Å²) in [6.07, 6.45) is 0. The molecule has 0 spiro atoms. The average Bonchev–Trinajstić information content (AvgIpc) is 2.01. The van der Waals surface area contributed by atoms with Gasteiger partial charge in [-0.1, -0.05) is 27.9 Å². The van der Waals surface area contributed by atoms with Crippen molar-refractivity contribution in [3.63, 3.8) is 0 Å². The van der Waals surface area contributed by atoms with Crippen LogP contribution >= 0.6 is 35.0 Å². The first-order valence-corrected chi connectivity index (χ1v) is 4.24. The Morgan fingerprint density at radius 1 is 1.17 bits per heavy atom. The molecule has 0 atom stereocenters. The lowest BCUT2D eigenvalue weighted by Crippen LogP contribution is -1.90. The van der Waals surface area contributed by atoms with E-state index in [0.717, 1.165) is 5.69 Å². The minimum atomic E-state index is 0.560. The molecule has 0 saturated carbocycles. The van der Waals surface area contributed by atoms with Crippen LogP contribution in [-0.4, -0.2) is 11.7 Å². The van der Waals surface area contributed by atoms with Gasteiger partial charge in [0.25, 0.3) is 0 Å². The fourth-order valence-electron chi connectivity index (χ4n) is 0.770. The molecular weight excluding hydrogens is 218 g/mol. The van der Waals surface area contributed by atoms with Gasteiger partial charge < -0.3 is 0 Å². The van der Waals surface area contributed by atoms with E-state index >= 15 is 0 Å². The lowest BCUT2D eigenvalue weighted by molar-refractivity contribution is -0.471. The molecule has 2 nitrogen and oxygen atoms in total. The van der Waals surface area contributed by atoms with Gasteiger partial charge in [0, 0.05) is 22.2 Å². The van der Waals surface area contributed by atoms with E-state index in [4.69, 9.17) is 35.0 Å². The smallest absolute Gasteiger partial charge is 0.0840 e. The second-order valence-corrected chi connectivity index (χ2v) is 3.25. The van der Waals surface area contributed by atoms with E-state index in [1.807, 2.05) is 0 Å². The van der Waals surface area contributed by atoms with Gasteiger partial charge >= 0.3 is 0 Å². The van der Waals surface area contributed by atoms with Gasteiger partial charge in [-0.25, -0.2) is 0 Å². The molecule has 0 fully saturated rings. The van der Waals surface area contributed by atoms with Crippen LogP contribution in [0.25, 0.3) is 0 Å². The summed E-state index contributed by atoms with van der Waals surface area (Å²) in [5.41, 5.74) is 0.752. The maximum atomic E-state index is 5.76. The maximum Gasteiger partial charge on any atom is 0.235 e. The van der Waals surface area contributed by atoms with Gasteiger partial charge in [-0.05, 0) is 6.07 Å². The van der Waals surface area contributed by atoms with E-state index in [1.54, 1.807) is 25.2 Å². The Labute approximate surface area is 85.5 Å². The molecule has 0 radical (unpaired) electrons. The summed E-state index contributed by atoms with van der Waals surface area (Å²) < 4.78 is 4.90. The topological polar surface area (TPSA) is 15.4 Å². The highest BCUT2D eigenvalue weighted by Gasteiger charge is 2.07. The van der Waals surface area contributed by atoms with E-state index in [2.05, 4.69) is 4.63 Å². The van der Waals surface area contributed by atoms with Gasteiger partial charge in [-0.3, -0.25) is 0 Å². The third-order valence-corrected chi connectivity index (χ3v) is 2.00. The Balaban J connectivity index is 3.17. The SMILES string of the molecule is C[N+](=NCl)c1cc(Cl)cc(Cl)c1. The molecule has 0 N–H and O–H groups in total. The highest BCUT2D eigenvalue weighted by atomic mass is 35.5. The Kier molecular flexibility index (Phi) is 3.32. The van der Waals surface area contributed by atoms with Crippen molar-refractivity contribution in [3.8, 4) is 0 Å². The molecule has 0 amide bonds. The van der Waals surface area contributed by atoms with E-state index < -0.39 is 0 Å². The number of benzene rings is 1. The van der Waals surface area contributed by atoms with Crippen molar-refractivity contribution in [2.75, 3.05) is 7.05 Å². The van der Waals surface area contributed by atoms with Crippen LogP contribution in [0.4, 0.5) is 5.69 Å². The summed E-state index contributed by atoms with van der Waals surface area (Å²) in [5, 5.41) is 1.12. The molecule has 12 heavy (non-hydrogen) atoms. The molecule has 0 aliphatic carbocycles. The van der Waals surface area contributed by atoms with Crippen LogP contribution in [0.2, 0.25) is 10.0 Å². The molecule has 0 unspecified atom stereocenters. The van der Waals surface area contributed by atoms with Crippen molar-refractivity contribution in [1.29, 1.82) is 0 Å². The molecule has 0 bridgehead atoms. The van der Waals surface area contributed by atoms with Crippen LogP contribution in [0.15, 0.2) is 22.8 Å². The number of rotatable bonds is 1. The largest absolute Gasteiger partial charge is 0.235 e. The summed E-state index contributed by atoms with van der Waals surface area (Å²) in [5.74, 6) is 0. The zero-order chi connectivity index (χ0) is 9.14. The summed E-state index contributed by atoms with van der Waals surface area (Å²) >= 11 is 16.8. The van der Waals surface area contributed by atoms with Crippen LogP contribution in [0.5, 0.6) is 0 Å². The van der Waals surface area contributed by atoms with Gasteiger partial charge in [0.1, 0.15) is 11.8 Å². The summed E-state index contributed by atoms with van der Waals surface area (Å²) in [4.78, 5) is 0. The highest BCUT2D eigenvalue weighted by molar-refractivity contribution is 6.34. The van der Waals surface area contributed by atoms with Crippen molar-refractivity contribution in [1.82, 2.24) is 0 Å². The summed E-state index contributed by atoms with van der Waals surface area (Å²) in [6.45, 7) is 0.